The molecule has 0 aliphatic carbocycles. The first-order valence-corrected chi connectivity index (χ1v) is 8.71. The molecule has 2 aromatic heterocycles. The third-order valence-electron chi connectivity index (χ3n) is 2.84. The molecule has 0 bridgehead atoms. The van der Waals surface area contributed by atoms with Crippen LogP contribution in [0.3, 0.4) is 0 Å². The van der Waals surface area contributed by atoms with Gasteiger partial charge in [0.1, 0.15) is 16.3 Å². The maximum Gasteiger partial charge on any atom is 0.124 e. The van der Waals surface area contributed by atoms with Gasteiger partial charge in [-0.15, -0.1) is 22.9 Å². The fraction of sp³-hybridized carbons (Fsp3) is 0.294. The molecule has 0 N–H and O–H groups in total. The first-order valence-electron chi connectivity index (χ1n) is 7.36. The zero-order valence-electron chi connectivity index (χ0n) is 12.8. The number of hydrogen-bond donors (Lipinski definition) is 0. The van der Waals surface area contributed by atoms with Crippen LogP contribution in [0.25, 0.3) is 20.8 Å². The van der Waals surface area contributed by atoms with Crippen LogP contribution >= 0.6 is 22.9 Å². The number of nitrogens with zero attached hydrogens (tertiary/aromatic N) is 2. The minimum Gasteiger partial charge on any atom is -0.494 e. The normalized spacial score (nSPS) is 10.1. The molecule has 0 aliphatic heterocycles. The zero-order chi connectivity index (χ0) is 15.8. The van der Waals surface area contributed by atoms with Gasteiger partial charge in [-0.25, -0.2) is 4.98 Å². The number of aromatic nitrogens is 2. The van der Waals surface area contributed by atoms with Crippen molar-refractivity contribution in [3.05, 3.63) is 42.7 Å². The molecule has 0 radical (unpaired) electrons. The largest absolute Gasteiger partial charge is 0.494 e. The van der Waals surface area contributed by atoms with E-state index in [2.05, 4.69) is 9.97 Å². The van der Waals surface area contributed by atoms with E-state index in [1.54, 1.807) is 23.7 Å². The fourth-order valence-electron chi connectivity index (χ4n) is 1.84. The Morgan fingerprint density at radius 1 is 1.14 bits per heavy atom. The summed E-state index contributed by atoms with van der Waals surface area (Å²) in [7, 11) is 0. The van der Waals surface area contributed by atoms with Crippen molar-refractivity contribution >= 4 is 33.2 Å². The summed E-state index contributed by atoms with van der Waals surface area (Å²) in [6.45, 7) is 4.65. The van der Waals surface area contributed by atoms with Gasteiger partial charge in [0.05, 0.1) is 17.5 Å². The molecule has 0 amide bonds. The number of thiazole rings is 1. The second-order valence-electron chi connectivity index (χ2n) is 4.28. The summed E-state index contributed by atoms with van der Waals surface area (Å²) in [6.07, 6.45) is 4.44. The minimum atomic E-state index is 0.623. The van der Waals surface area contributed by atoms with Crippen LogP contribution in [0, 0.1) is 0 Å². The van der Waals surface area contributed by atoms with Crippen molar-refractivity contribution in [1.29, 1.82) is 0 Å². The molecule has 3 rings (SSSR count). The van der Waals surface area contributed by atoms with E-state index < -0.39 is 0 Å². The maximum absolute atomic E-state index is 5.62. The SMILES string of the molecule is CC.ClCCCOc1ccc(-c2nc3cnccc3s2)cc1. The van der Waals surface area contributed by atoms with Crippen LogP contribution in [0.15, 0.2) is 42.7 Å². The lowest BCUT2D eigenvalue weighted by molar-refractivity contribution is 0.318. The van der Waals surface area contributed by atoms with E-state index >= 15 is 0 Å². The highest BCUT2D eigenvalue weighted by Crippen LogP contribution is 2.30. The van der Waals surface area contributed by atoms with Gasteiger partial charge in [0.2, 0.25) is 0 Å². The zero-order valence-corrected chi connectivity index (χ0v) is 14.3. The average Bonchev–Trinajstić information content (AvgIpc) is 3.02. The summed E-state index contributed by atoms with van der Waals surface area (Å²) in [5.41, 5.74) is 2.03. The molecule has 5 heteroatoms. The van der Waals surface area contributed by atoms with Crippen molar-refractivity contribution in [2.24, 2.45) is 0 Å². The highest BCUT2D eigenvalue weighted by Gasteiger charge is 2.06. The van der Waals surface area contributed by atoms with Gasteiger partial charge in [0.25, 0.3) is 0 Å². The van der Waals surface area contributed by atoms with E-state index in [1.165, 1.54) is 0 Å². The predicted octanol–water partition coefficient (Wildman–Crippen LogP) is 5.39. The average molecular weight is 335 g/mol. The van der Waals surface area contributed by atoms with Gasteiger partial charge in [-0.2, -0.15) is 0 Å². The first kappa shape index (κ1) is 16.7. The molecular weight excluding hydrogens is 316 g/mol. The Morgan fingerprint density at radius 2 is 1.91 bits per heavy atom. The lowest BCUT2D eigenvalue weighted by atomic mass is 10.2. The standard InChI is InChI=1S/C15H13ClN2OS.C2H6/c16-7-1-9-19-12-4-2-11(3-5-12)15-18-13-10-17-8-6-14(13)20-15;1-2/h2-6,8,10H,1,7,9H2;1-2H3. The van der Waals surface area contributed by atoms with Gasteiger partial charge in [0.15, 0.2) is 0 Å². The van der Waals surface area contributed by atoms with Crippen molar-refractivity contribution in [1.82, 2.24) is 9.97 Å². The van der Waals surface area contributed by atoms with E-state index in [-0.39, 0.29) is 0 Å². The number of fused-ring (bicyclic) bond motifs is 1. The number of rotatable bonds is 5. The molecule has 0 unspecified atom stereocenters. The molecular formula is C17H19ClN2OS. The molecule has 1 aromatic carbocycles. The van der Waals surface area contributed by atoms with Gasteiger partial charge < -0.3 is 4.74 Å². The Bertz CT molecular complexity index is 664. The smallest absolute Gasteiger partial charge is 0.124 e. The lowest BCUT2D eigenvalue weighted by Gasteiger charge is -2.05. The van der Waals surface area contributed by atoms with Gasteiger partial charge in [0, 0.05) is 17.6 Å². The summed E-state index contributed by atoms with van der Waals surface area (Å²) in [4.78, 5) is 8.67. The molecule has 0 atom stereocenters. The number of ether oxygens (including phenoxy) is 1. The summed E-state index contributed by atoms with van der Waals surface area (Å²) in [6, 6.07) is 9.98. The molecule has 2 heterocycles. The molecule has 0 spiro atoms. The van der Waals surface area contributed by atoms with E-state index in [0.29, 0.717) is 12.5 Å². The van der Waals surface area contributed by atoms with Crippen molar-refractivity contribution in [3.63, 3.8) is 0 Å². The third-order valence-corrected chi connectivity index (χ3v) is 4.19. The minimum absolute atomic E-state index is 0.623. The number of pyridine rings is 1. The van der Waals surface area contributed by atoms with Crippen LogP contribution in [0.1, 0.15) is 20.3 Å². The monoisotopic (exact) mass is 334 g/mol. The Morgan fingerprint density at radius 3 is 2.59 bits per heavy atom. The Balaban J connectivity index is 0.000000847. The number of benzene rings is 1. The van der Waals surface area contributed by atoms with Crippen LogP contribution in [-0.2, 0) is 0 Å². The summed E-state index contributed by atoms with van der Waals surface area (Å²) in [5.74, 6) is 1.49. The Labute approximate surface area is 139 Å². The molecule has 22 heavy (non-hydrogen) atoms. The molecule has 3 nitrogen and oxygen atoms in total. The third kappa shape index (κ3) is 4.18. The van der Waals surface area contributed by atoms with Gasteiger partial charge in [-0.05, 0) is 36.8 Å². The van der Waals surface area contributed by atoms with E-state index in [0.717, 1.165) is 33.0 Å². The van der Waals surface area contributed by atoms with E-state index in [4.69, 9.17) is 16.3 Å². The Kier molecular flexibility index (Phi) is 6.62. The lowest BCUT2D eigenvalue weighted by Crippen LogP contribution is -1.97. The predicted molar refractivity (Wildman–Crippen MR) is 95.0 cm³/mol. The number of hydrogen-bond acceptors (Lipinski definition) is 4. The van der Waals surface area contributed by atoms with Gasteiger partial charge in [-0.1, -0.05) is 13.8 Å². The molecule has 0 fully saturated rings. The summed E-state index contributed by atoms with van der Waals surface area (Å²) in [5, 5.41) is 1.00. The first-order chi connectivity index (χ1) is 10.9. The quantitative estimate of drug-likeness (QED) is 0.463. The van der Waals surface area contributed by atoms with E-state index in [1.807, 2.05) is 44.2 Å². The Hall–Kier alpha value is -1.65. The number of halogens is 1. The van der Waals surface area contributed by atoms with Crippen LogP contribution in [0.5, 0.6) is 5.75 Å². The van der Waals surface area contributed by atoms with Crippen molar-refractivity contribution in [2.45, 2.75) is 20.3 Å². The summed E-state index contributed by atoms with van der Waals surface area (Å²) < 4.78 is 6.74. The second-order valence-corrected chi connectivity index (χ2v) is 5.69. The molecule has 0 saturated heterocycles. The molecule has 116 valence electrons. The topological polar surface area (TPSA) is 35.0 Å². The van der Waals surface area contributed by atoms with Crippen LogP contribution < -0.4 is 4.74 Å². The summed E-state index contributed by atoms with van der Waals surface area (Å²) >= 11 is 7.29. The van der Waals surface area contributed by atoms with Crippen molar-refractivity contribution in [2.75, 3.05) is 12.5 Å². The molecule has 0 saturated carbocycles. The highest BCUT2D eigenvalue weighted by atomic mass is 35.5. The maximum atomic E-state index is 5.62. The number of alkyl halides is 1. The van der Waals surface area contributed by atoms with Gasteiger partial charge >= 0.3 is 0 Å². The fourth-order valence-corrected chi connectivity index (χ4v) is 2.89. The van der Waals surface area contributed by atoms with Gasteiger partial charge in [-0.3, -0.25) is 4.98 Å². The molecule has 3 aromatic rings. The second kappa shape index (κ2) is 8.71. The van der Waals surface area contributed by atoms with E-state index in [9.17, 15) is 0 Å². The van der Waals surface area contributed by atoms with Crippen LogP contribution in [0.4, 0.5) is 0 Å². The molecule has 0 aliphatic rings. The van der Waals surface area contributed by atoms with Crippen LogP contribution in [0.2, 0.25) is 0 Å². The highest BCUT2D eigenvalue weighted by molar-refractivity contribution is 7.21. The van der Waals surface area contributed by atoms with Crippen molar-refractivity contribution in [3.8, 4) is 16.3 Å². The van der Waals surface area contributed by atoms with Crippen LogP contribution in [-0.4, -0.2) is 22.5 Å². The van der Waals surface area contributed by atoms with Crippen molar-refractivity contribution < 1.29 is 4.74 Å².